The molecule has 1 saturated heterocycles. The van der Waals surface area contributed by atoms with Crippen molar-refractivity contribution in [1.82, 2.24) is 9.62 Å². The summed E-state index contributed by atoms with van der Waals surface area (Å²) in [5.41, 5.74) is 1.04. The average molecular weight is 310 g/mol. The zero-order valence-corrected chi connectivity index (χ0v) is 13.1. The van der Waals surface area contributed by atoms with Crippen LogP contribution < -0.4 is 5.32 Å². The second-order valence-corrected chi connectivity index (χ2v) is 7.56. The predicted octanol–water partition coefficient (Wildman–Crippen LogP) is 1.36. The van der Waals surface area contributed by atoms with Crippen LogP contribution in [-0.4, -0.2) is 37.5 Å². The maximum absolute atomic E-state index is 12.2. The molecule has 1 aromatic carbocycles. The van der Waals surface area contributed by atoms with Crippen LogP contribution in [0.2, 0.25) is 0 Å². The number of rotatable bonds is 5. The maximum atomic E-state index is 12.2. The molecule has 0 aliphatic carbocycles. The Bertz CT molecular complexity index is 572. The molecule has 0 radical (unpaired) electrons. The quantitative estimate of drug-likeness (QED) is 0.893. The minimum Gasteiger partial charge on any atom is -0.352 e. The molecule has 0 saturated carbocycles. The maximum Gasteiger partial charge on any atom is 0.224 e. The second kappa shape index (κ2) is 7.04. The van der Waals surface area contributed by atoms with E-state index in [0.29, 0.717) is 19.6 Å². The van der Waals surface area contributed by atoms with Crippen LogP contribution in [0.5, 0.6) is 0 Å². The Morgan fingerprint density at radius 3 is 2.71 bits per heavy atom. The minimum absolute atomic E-state index is 0.0603. The van der Waals surface area contributed by atoms with Gasteiger partial charge in [0, 0.05) is 19.6 Å². The molecule has 5 nitrogen and oxygen atoms in total. The van der Waals surface area contributed by atoms with E-state index in [1.807, 2.05) is 30.3 Å². The number of piperidine rings is 1. The van der Waals surface area contributed by atoms with Gasteiger partial charge in [-0.05, 0) is 25.3 Å². The van der Waals surface area contributed by atoms with Crippen LogP contribution >= 0.6 is 0 Å². The molecule has 1 aromatic rings. The number of nitrogens with zero attached hydrogens (tertiary/aromatic N) is 1. The van der Waals surface area contributed by atoms with Crippen molar-refractivity contribution in [2.75, 3.05) is 18.8 Å². The van der Waals surface area contributed by atoms with Crippen molar-refractivity contribution in [3.05, 3.63) is 35.9 Å². The first kappa shape index (κ1) is 16.0. The van der Waals surface area contributed by atoms with Crippen LogP contribution in [0.3, 0.4) is 0 Å². The van der Waals surface area contributed by atoms with Gasteiger partial charge in [0.2, 0.25) is 15.9 Å². The van der Waals surface area contributed by atoms with E-state index in [-0.39, 0.29) is 17.6 Å². The highest BCUT2D eigenvalue weighted by Crippen LogP contribution is 2.19. The molecule has 0 spiro atoms. The van der Waals surface area contributed by atoms with Gasteiger partial charge in [0.15, 0.2) is 0 Å². The normalized spacial score (nSPS) is 20.1. The van der Waals surface area contributed by atoms with E-state index >= 15 is 0 Å². The Morgan fingerprint density at radius 2 is 2.05 bits per heavy atom. The summed E-state index contributed by atoms with van der Waals surface area (Å²) in [4.78, 5) is 12.2. The average Bonchev–Trinajstić information content (AvgIpc) is 2.53. The highest BCUT2D eigenvalue weighted by Gasteiger charge is 2.31. The second-order valence-electron chi connectivity index (χ2n) is 5.30. The molecular weight excluding hydrogens is 288 g/mol. The third-order valence-corrected chi connectivity index (χ3v) is 5.67. The highest BCUT2D eigenvalue weighted by molar-refractivity contribution is 7.89. The molecule has 21 heavy (non-hydrogen) atoms. The molecule has 1 fully saturated rings. The Hall–Kier alpha value is -1.40. The molecule has 0 bridgehead atoms. The number of carbonyl (C=O) groups excluding carboxylic acids is 1. The summed E-state index contributed by atoms with van der Waals surface area (Å²) in [6.45, 7) is 2.94. The van der Waals surface area contributed by atoms with Gasteiger partial charge < -0.3 is 5.32 Å². The SMILES string of the molecule is CCS(=O)(=O)N1CCCC(C(=O)NCc2ccccc2)C1. The number of sulfonamides is 1. The summed E-state index contributed by atoms with van der Waals surface area (Å²) in [6.07, 6.45) is 1.49. The van der Waals surface area contributed by atoms with E-state index < -0.39 is 10.0 Å². The van der Waals surface area contributed by atoms with Gasteiger partial charge in [0.25, 0.3) is 0 Å². The zero-order chi connectivity index (χ0) is 15.3. The van der Waals surface area contributed by atoms with Gasteiger partial charge in [-0.1, -0.05) is 30.3 Å². The summed E-state index contributed by atoms with van der Waals surface area (Å²) >= 11 is 0. The van der Waals surface area contributed by atoms with E-state index in [4.69, 9.17) is 0 Å². The molecule has 1 heterocycles. The summed E-state index contributed by atoms with van der Waals surface area (Å²) in [5, 5.41) is 2.90. The van der Waals surface area contributed by atoms with Crippen LogP contribution in [0.4, 0.5) is 0 Å². The number of amides is 1. The standard InChI is InChI=1S/C15H22N2O3S/c1-2-21(19,20)17-10-6-9-14(12-17)15(18)16-11-13-7-4-3-5-8-13/h3-5,7-8,14H,2,6,9-12H2,1H3,(H,16,18). The van der Waals surface area contributed by atoms with Crippen molar-refractivity contribution in [3.63, 3.8) is 0 Å². The molecule has 6 heteroatoms. The fraction of sp³-hybridized carbons (Fsp3) is 0.533. The van der Waals surface area contributed by atoms with Gasteiger partial charge in [-0.2, -0.15) is 0 Å². The van der Waals surface area contributed by atoms with E-state index in [9.17, 15) is 13.2 Å². The van der Waals surface area contributed by atoms with E-state index in [2.05, 4.69) is 5.32 Å². The number of hydrogen-bond donors (Lipinski definition) is 1. The fourth-order valence-electron chi connectivity index (χ4n) is 2.52. The minimum atomic E-state index is -3.20. The molecule has 116 valence electrons. The van der Waals surface area contributed by atoms with E-state index in [1.54, 1.807) is 6.92 Å². The molecule has 1 aliphatic heterocycles. The van der Waals surface area contributed by atoms with Gasteiger partial charge in [0.05, 0.1) is 11.7 Å². The molecule has 2 rings (SSSR count). The lowest BCUT2D eigenvalue weighted by Gasteiger charge is -2.30. The summed E-state index contributed by atoms with van der Waals surface area (Å²) in [7, 11) is -3.20. The molecule has 1 N–H and O–H groups in total. The molecule has 1 unspecified atom stereocenters. The monoisotopic (exact) mass is 310 g/mol. The molecule has 1 amide bonds. The first-order valence-electron chi connectivity index (χ1n) is 7.32. The topological polar surface area (TPSA) is 66.5 Å². The van der Waals surface area contributed by atoms with Gasteiger partial charge in [-0.3, -0.25) is 4.79 Å². The fourth-order valence-corrected chi connectivity index (χ4v) is 3.70. The third-order valence-electron chi connectivity index (χ3n) is 3.82. The summed E-state index contributed by atoms with van der Waals surface area (Å²) in [5.74, 6) is -0.218. The number of carbonyl (C=O) groups is 1. The number of hydrogen-bond acceptors (Lipinski definition) is 3. The van der Waals surface area contributed by atoms with Gasteiger partial charge in [-0.15, -0.1) is 0 Å². The lowest BCUT2D eigenvalue weighted by atomic mass is 9.99. The highest BCUT2D eigenvalue weighted by atomic mass is 32.2. The molecule has 0 aromatic heterocycles. The van der Waals surface area contributed by atoms with Crippen molar-refractivity contribution >= 4 is 15.9 Å². The van der Waals surface area contributed by atoms with Gasteiger partial charge in [-0.25, -0.2) is 12.7 Å². The lowest BCUT2D eigenvalue weighted by Crippen LogP contribution is -2.45. The molecule has 1 aliphatic rings. The van der Waals surface area contributed by atoms with Crippen molar-refractivity contribution in [2.24, 2.45) is 5.92 Å². The van der Waals surface area contributed by atoms with Crippen molar-refractivity contribution in [2.45, 2.75) is 26.3 Å². The third kappa shape index (κ3) is 4.28. The van der Waals surface area contributed by atoms with E-state index in [0.717, 1.165) is 18.4 Å². The van der Waals surface area contributed by atoms with Crippen LogP contribution in [0, 0.1) is 5.92 Å². The number of benzene rings is 1. The summed E-state index contributed by atoms with van der Waals surface area (Å²) in [6, 6.07) is 9.69. The van der Waals surface area contributed by atoms with Crippen molar-refractivity contribution in [1.29, 1.82) is 0 Å². The van der Waals surface area contributed by atoms with Gasteiger partial charge >= 0.3 is 0 Å². The molecule has 1 atom stereocenters. The summed E-state index contributed by atoms with van der Waals surface area (Å²) < 4.78 is 25.2. The first-order valence-corrected chi connectivity index (χ1v) is 8.93. The van der Waals surface area contributed by atoms with Crippen molar-refractivity contribution in [3.8, 4) is 0 Å². The number of nitrogens with one attached hydrogen (secondary N) is 1. The zero-order valence-electron chi connectivity index (χ0n) is 12.3. The Balaban J connectivity index is 1.90. The van der Waals surface area contributed by atoms with Gasteiger partial charge in [0.1, 0.15) is 0 Å². The lowest BCUT2D eigenvalue weighted by molar-refractivity contribution is -0.126. The van der Waals surface area contributed by atoms with Crippen LogP contribution in [0.25, 0.3) is 0 Å². The largest absolute Gasteiger partial charge is 0.352 e. The van der Waals surface area contributed by atoms with Crippen LogP contribution in [0.1, 0.15) is 25.3 Å². The Kier molecular flexibility index (Phi) is 5.36. The van der Waals surface area contributed by atoms with Crippen molar-refractivity contribution < 1.29 is 13.2 Å². The van der Waals surface area contributed by atoms with Crippen LogP contribution in [0.15, 0.2) is 30.3 Å². The van der Waals surface area contributed by atoms with E-state index in [1.165, 1.54) is 4.31 Å². The Labute approximate surface area is 126 Å². The first-order chi connectivity index (χ1) is 10.0. The molecular formula is C15H22N2O3S. The Morgan fingerprint density at radius 1 is 1.33 bits per heavy atom. The smallest absolute Gasteiger partial charge is 0.224 e. The predicted molar refractivity (Wildman–Crippen MR) is 82.0 cm³/mol. The van der Waals surface area contributed by atoms with Crippen LogP contribution in [-0.2, 0) is 21.4 Å².